The average Bonchev–Trinajstić information content (AvgIpc) is 3.03. The largest absolute Gasteiger partial charge is 0.327 e. The molecule has 2 aromatic carbocycles. The van der Waals surface area contributed by atoms with E-state index in [4.69, 9.17) is 5.73 Å². The van der Waals surface area contributed by atoms with Crippen molar-refractivity contribution in [3.05, 3.63) is 94.5 Å². The molecule has 23 heavy (non-hydrogen) atoms. The van der Waals surface area contributed by atoms with Crippen molar-refractivity contribution in [3.63, 3.8) is 0 Å². The molecule has 0 fully saturated rings. The van der Waals surface area contributed by atoms with Gasteiger partial charge in [0.25, 0.3) is 0 Å². The van der Waals surface area contributed by atoms with E-state index < -0.39 is 0 Å². The van der Waals surface area contributed by atoms with Gasteiger partial charge in [-0.2, -0.15) is 0 Å². The van der Waals surface area contributed by atoms with Crippen LogP contribution < -0.4 is 5.73 Å². The van der Waals surface area contributed by atoms with Crippen molar-refractivity contribution in [2.24, 2.45) is 5.73 Å². The minimum absolute atomic E-state index is 0.486. The number of rotatable bonds is 5. The van der Waals surface area contributed by atoms with Crippen LogP contribution in [0.1, 0.15) is 22.5 Å². The Hall–Kier alpha value is -2.17. The van der Waals surface area contributed by atoms with E-state index in [1.807, 2.05) is 48.8 Å². The Bertz CT molecular complexity index is 822. The predicted octanol–water partition coefficient (Wildman–Crippen LogP) is 4.21. The van der Waals surface area contributed by atoms with Crippen LogP contribution in [0.25, 0.3) is 5.57 Å². The highest BCUT2D eigenvalue weighted by molar-refractivity contribution is 9.10. The van der Waals surface area contributed by atoms with Gasteiger partial charge in [-0.15, -0.1) is 0 Å². The monoisotopic (exact) mass is 367 g/mol. The van der Waals surface area contributed by atoms with Gasteiger partial charge in [0, 0.05) is 35.5 Å². The Kier molecular flexibility index (Phi) is 4.74. The fraction of sp³-hybridized carbons (Fsp3) is 0.105. The van der Waals surface area contributed by atoms with Crippen molar-refractivity contribution in [1.82, 2.24) is 9.55 Å². The van der Waals surface area contributed by atoms with Crippen molar-refractivity contribution in [1.29, 1.82) is 0 Å². The first-order valence-corrected chi connectivity index (χ1v) is 8.22. The quantitative estimate of drug-likeness (QED) is 0.733. The lowest BCUT2D eigenvalue weighted by Crippen LogP contribution is -2.05. The zero-order valence-electron chi connectivity index (χ0n) is 12.7. The van der Waals surface area contributed by atoms with E-state index in [2.05, 4.69) is 44.2 Å². The van der Waals surface area contributed by atoms with E-state index in [1.165, 1.54) is 5.56 Å². The number of hydrogen-bond donors (Lipinski definition) is 1. The van der Waals surface area contributed by atoms with E-state index in [0.717, 1.165) is 33.5 Å². The molecule has 0 amide bonds. The van der Waals surface area contributed by atoms with Crippen LogP contribution >= 0.6 is 15.9 Å². The van der Waals surface area contributed by atoms with Crippen LogP contribution in [0.4, 0.5) is 0 Å². The van der Waals surface area contributed by atoms with Gasteiger partial charge >= 0.3 is 0 Å². The minimum Gasteiger partial charge on any atom is -0.327 e. The van der Waals surface area contributed by atoms with E-state index in [9.17, 15) is 0 Å². The maximum atomic E-state index is 5.79. The molecule has 0 saturated carbocycles. The summed E-state index contributed by atoms with van der Waals surface area (Å²) in [6.45, 7) is 5.51. The van der Waals surface area contributed by atoms with Crippen LogP contribution in [0.15, 0.2) is 72.0 Å². The van der Waals surface area contributed by atoms with Crippen LogP contribution in [0.2, 0.25) is 0 Å². The van der Waals surface area contributed by atoms with Gasteiger partial charge < -0.3 is 10.3 Å². The lowest BCUT2D eigenvalue weighted by atomic mass is 10.0. The van der Waals surface area contributed by atoms with Gasteiger partial charge in [0.2, 0.25) is 0 Å². The number of nitrogens with zero attached hydrogens (tertiary/aromatic N) is 2. The van der Waals surface area contributed by atoms with Crippen LogP contribution in [0.3, 0.4) is 0 Å². The predicted molar refractivity (Wildman–Crippen MR) is 97.9 cm³/mol. The topological polar surface area (TPSA) is 43.8 Å². The molecule has 0 spiro atoms. The standard InChI is InChI=1S/C19H18BrN3/c1-14(17-9-5-8-16(12-21)18(17)20)19-22-10-11-23(19)13-15-6-3-2-4-7-15/h2-11H,1,12-13,21H2. The molecule has 1 aromatic heterocycles. The molecule has 0 atom stereocenters. The SMILES string of the molecule is C=C(c1cccc(CN)c1Br)c1nccn1Cc1ccccc1. The molecule has 0 aliphatic carbocycles. The van der Waals surface area contributed by atoms with E-state index in [1.54, 1.807) is 0 Å². The molecule has 2 N–H and O–H groups in total. The Morgan fingerprint density at radius 3 is 2.65 bits per heavy atom. The van der Waals surface area contributed by atoms with Crippen molar-refractivity contribution in [2.45, 2.75) is 13.1 Å². The first kappa shape index (κ1) is 15.7. The van der Waals surface area contributed by atoms with E-state index in [-0.39, 0.29) is 0 Å². The molecule has 3 nitrogen and oxygen atoms in total. The summed E-state index contributed by atoms with van der Waals surface area (Å²) in [6.07, 6.45) is 3.79. The molecular formula is C19H18BrN3. The number of benzene rings is 2. The van der Waals surface area contributed by atoms with Crippen LogP contribution in [0.5, 0.6) is 0 Å². The van der Waals surface area contributed by atoms with Crippen LogP contribution in [-0.4, -0.2) is 9.55 Å². The maximum absolute atomic E-state index is 5.79. The molecule has 1 heterocycles. The zero-order valence-corrected chi connectivity index (χ0v) is 14.3. The smallest absolute Gasteiger partial charge is 0.140 e. The molecule has 0 aliphatic heterocycles. The first-order valence-electron chi connectivity index (χ1n) is 7.43. The summed E-state index contributed by atoms with van der Waals surface area (Å²) in [5, 5.41) is 0. The third kappa shape index (κ3) is 3.28. The summed E-state index contributed by atoms with van der Waals surface area (Å²) in [4.78, 5) is 4.50. The number of imidazole rings is 1. The van der Waals surface area contributed by atoms with Gasteiger partial charge in [-0.05, 0) is 32.6 Å². The molecule has 0 radical (unpaired) electrons. The van der Waals surface area contributed by atoms with Gasteiger partial charge in [0.15, 0.2) is 0 Å². The number of nitrogens with two attached hydrogens (primary N) is 1. The van der Waals surface area contributed by atoms with Gasteiger partial charge in [-0.3, -0.25) is 0 Å². The summed E-state index contributed by atoms with van der Waals surface area (Å²) < 4.78 is 3.10. The third-order valence-electron chi connectivity index (χ3n) is 3.80. The van der Waals surface area contributed by atoms with E-state index >= 15 is 0 Å². The van der Waals surface area contributed by atoms with Crippen molar-refractivity contribution in [3.8, 4) is 0 Å². The number of hydrogen-bond acceptors (Lipinski definition) is 2. The Balaban J connectivity index is 1.94. The van der Waals surface area contributed by atoms with E-state index in [0.29, 0.717) is 6.54 Å². The van der Waals surface area contributed by atoms with Crippen molar-refractivity contribution in [2.75, 3.05) is 0 Å². The summed E-state index contributed by atoms with van der Waals surface area (Å²) in [6, 6.07) is 16.4. The Labute approximate surface area is 144 Å². The highest BCUT2D eigenvalue weighted by atomic mass is 79.9. The molecule has 4 heteroatoms. The fourth-order valence-corrected chi connectivity index (χ4v) is 3.24. The molecule has 0 bridgehead atoms. The van der Waals surface area contributed by atoms with Gasteiger partial charge in [-0.25, -0.2) is 4.98 Å². The molecule has 0 saturated heterocycles. The summed E-state index contributed by atoms with van der Waals surface area (Å²) in [5.74, 6) is 0.865. The normalized spacial score (nSPS) is 10.7. The molecule has 3 aromatic rings. The second-order valence-corrected chi connectivity index (χ2v) is 6.12. The van der Waals surface area contributed by atoms with Gasteiger partial charge in [-0.1, -0.05) is 55.1 Å². The third-order valence-corrected chi connectivity index (χ3v) is 4.74. The van der Waals surface area contributed by atoms with Crippen molar-refractivity contribution >= 4 is 21.5 Å². The Morgan fingerprint density at radius 2 is 1.91 bits per heavy atom. The molecule has 116 valence electrons. The first-order chi connectivity index (χ1) is 11.2. The summed E-state index contributed by atoms with van der Waals surface area (Å²) >= 11 is 3.64. The highest BCUT2D eigenvalue weighted by Gasteiger charge is 2.13. The molecule has 3 rings (SSSR count). The molecular weight excluding hydrogens is 350 g/mol. The molecule has 0 unspecified atom stereocenters. The Morgan fingerprint density at radius 1 is 1.13 bits per heavy atom. The van der Waals surface area contributed by atoms with Crippen molar-refractivity contribution < 1.29 is 0 Å². The number of aromatic nitrogens is 2. The second-order valence-electron chi connectivity index (χ2n) is 5.33. The maximum Gasteiger partial charge on any atom is 0.140 e. The van der Waals surface area contributed by atoms with Crippen LogP contribution in [0, 0.1) is 0 Å². The van der Waals surface area contributed by atoms with Crippen LogP contribution in [-0.2, 0) is 13.1 Å². The number of halogens is 1. The zero-order chi connectivity index (χ0) is 16.2. The second kappa shape index (κ2) is 6.94. The average molecular weight is 368 g/mol. The summed E-state index contributed by atoms with van der Waals surface area (Å²) in [7, 11) is 0. The highest BCUT2D eigenvalue weighted by Crippen LogP contribution is 2.30. The lowest BCUT2D eigenvalue weighted by molar-refractivity contribution is 0.783. The van der Waals surface area contributed by atoms with Gasteiger partial charge in [0.05, 0.1) is 0 Å². The van der Waals surface area contributed by atoms with Gasteiger partial charge in [0.1, 0.15) is 5.82 Å². The molecule has 0 aliphatic rings. The minimum atomic E-state index is 0.486. The lowest BCUT2D eigenvalue weighted by Gasteiger charge is -2.13. The summed E-state index contributed by atoms with van der Waals surface area (Å²) in [5.41, 5.74) is 9.99. The fourth-order valence-electron chi connectivity index (χ4n) is 2.58.